The molecule has 1 saturated heterocycles. The standard InChI is InChI=1S/C25H31N5O4S2/c1-15(2)26-13-17-5-6-19(28-17)23(31)29-25-27-14-22(36-25)35-21-12-18(20(33-4)11-16(21)3)24(32)30-7-9-34-10-8-30/h5-6,11-12,14-15,26,28H,7-10,13H2,1-4H3,(H,27,29,31). The van der Waals surface area contributed by atoms with E-state index in [2.05, 4.69) is 34.4 Å². The Morgan fingerprint density at radius 1 is 1.28 bits per heavy atom. The van der Waals surface area contributed by atoms with Crippen molar-refractivity contribution >= 4 is 40.0 Å². The number of H-pyrrole nitrogens is 1. The summed E-state index contributed by atoms with van der Waals surface area (Å²) in [5.41, 5.74) is 2.95. The molecule has 0 aliphatic carbocycles. The molecule has 1 fully saturated rings. The second kappa shape index (κ2) is 11.9. The molecule has 3 N–H and O–H groups in total. The summed E-state index contributed by atoms with van der Waals surface area (Å²) in [4.78, 5) is 36.0. The fraction of sp³-hybridized carbons (Fsp3) is 0.400. The van der Waals surface area contributed by atoms with Gasteiger partial charge in [0.15, 0.2) is 5.13 Å². The normalized spacial score (nSPS) is 13.8. The van der Waals surface area contributed by atoms with Crippen molar-refractivity contribution in [3.05, 3.63) is 53.0 Å². The van der Waals surface area contributed by atoms with Crippen molar-refractivity contribution in [2.45, 2.75) is 42.5 Å². The van der Waals surface area contributed by atoms with Crippen molar-refractivity contribution in [2.24, 2.45) is 0 Å². The molecule has 3 heterocycles. The van der Waals surface area contributed by atoms with Crippen molar-refractivity contribution < 1.29 is 19.1 Å². The number of anilines is 1. The highest BCUT2D eigenvalue weighted by molar-refractivity contribution is 8.01. The lowest BCUT2D eigenvalue weighted by Crippen LogP contribution is -2.40. The third kappa shape index (κ3) is 6.47. The molecule has 3 aromatic rings. The van der Waals surface area contributed by atoms with Crippen LogP contribution in [0, 0.1) is 6.92 Å². The summed E-state index contributed by atoms with van der Waals surface area (Å²) in [7, 11) is 1.57. The molecule has 36 heavy (non-hydrogen) atoms. The lowest BCUT2D eigenvalue weighted by molar-refractivity contribution is 0.0300. The van der Waals surface area contributed by atoms with Crippen LogP contribution in [-0.4, -0.2) is 66.1 Å². The van der Waals surface area contributed by atoms with Crippen LogP contribution in [0.4, 0.5) is 5.13 Å². The van der Waals surface area contributed by atoms with Crippen LogP contribution in [0.15, 0.2) is 39.6 Å². The zero-order valence-corrected chi connectivity index (χ0v) is 22.5. The zero-order valence-electron chi connectivity index (χ0n) is 20.8. The topological polar surface area (TPSA) is 109 Å². The van der Waals surface area contributed by atoms with Gasteiger partial charge in [0.05, 0.1) is 36.3 Å². The van der Waals surface area contributed by atoms with Gasteiger partial charge in [0.25, 0.3) is 11.8 Å². The smallest absolute Gasteiger partial charge is 0.273 e. The molecule has 11 heteroatoms. The minimum absolute atomic E-state index is 0.0665. The van der Waals surface area contributed by atoms with Crippen molar-refractivity contribution in [2.75, 3.05) is 38.7 Å². The van der Waals surface area contributed by atoms with E-state index in [4.69, 9.17) is 9.47 Å². The number of nitrogens with one attached hydrogen (secondary N) is 3. The summed E-state index contributed by atoms with van der Waals surface area (Å²) < 4.78 is 11.8. The van der Waals surface area contributed by atoms with Gasteiger partial charge in [0, 0.05) is 36.3 Å². The van der Waals surface area contributed by atoms with E-state index in [0.29, 0.717) is 61.0 Å². The highest BCUT2D eigenvalue weighted by Gasteiger charge is 2.23. The van der Waals surface area contributed by atoms with E-state index in [0.717, 1.165) is 20.4 Å². The number of amides is 2. The molecule has 2 aromatic heterocycles. The van der Waals surface area contributed by atoms with E-state index in [1.165, 1.54) is 23.1 Å². The summed E-state index contributed by atoms with van der Waals surface area (Å²) in [6.07, 6.45) is 1.73. The maximum absolute atomic E-state index is 13.1. The summed E-state index contributed by atoms with van der Waals surface area (Å²) >= 11 is 2.89. The van der Waals surface area contributed by atoms with Crippen LogP contribution < -0.4 is 15.4 Å². The van der Waals surface area contributed by atoms with Crippen LogP contribution in [0.25, 0.3) is 0 Å². The molecule has 9 nitrogen and oxygen atoms in total. The van der Waals surface area contributed by atoms with Gasteiger partial charge in [0.1, 0.15) is 11.4 Å². The van der Waals surface area contributed by atoms with E-state index < -0.39 is 0 Å². The molecule has 4 rings (SSSR count). The van der Waals surface area contributed by atoms with E-state index in [1.807, 2.05) is 25.1 Å². The number of hydrogen-bond donors (Lipinski definition) is 3. The molecule has 0 bridgehead atoms. The lowest BCUT2D eigenvalue weighted by Gasteiger charge is -2.27. The van der Waals surface area contributed by atoms with Gasteiger partial charge >= 0.3 is 0 Å². The molecular weight excluding hydrogens is 498 g/mol. The molecule has 0 spiro atoms. The molecule has 1 aliphatic heterocycles. The molecule has 192 valence electrons. The van der Waals surface area contributed by atoms with Gasteiger partial charge in [-0.3, -0.25) is 14.9 Å². The second-order valence-electron chi connectivity index (χ2n) is 8.70. The van der Waals surface area contributed by atoms with Crippen molar-refractivity contribution in [3.8, 4) is 5.75 Å². The van der Waals surface area contributed by atoms with Crippen molar-refractivity contribution in [1.29, 1.82) is 0 Å². The third-order valence-corrected chi connectivity index (χ3v) is 7.81. The molecule has 0 atom stereocenters. The highest BCUT2D eigenvalue weighted by Crippen LogP contribution is 2.38. The van der Waals surface area contributed by atoms with Crippen LogP contribution in [0.1, 0.15) is 46.0 Å². The summed E-state index contributed by atoms with van der Waals surface area (Å²) in [5, 5.41) is 6.69. The number of aromatic nitrogens is 2. The Morgan fingerprint density at radius 3 is 2.78 bits per heavy atom. The van der Waals surface area contributed by atoms with Gasteiger partial charge in [-0.05, 0) is 36.8 Å². The van der Waals surface area contributed by atoms with Gasteiger partial charge < -0.3 is 24.7 Å². The Morgan fingerprint density at radius 2 is 2.06 bits per heavy atom. The quantitative estimate of drug-likeness (QED) is 0.382. The predicted octanol–water partition coefficient (Wildman–Crippen LogP) is 4.16. The monoisotopic (exact) mass is 529 g/mol. The van der Waals surface area contributed by atoms with E-state index in [9.17, 15) is 9.59 Å². The van der Waals surface area contributed by atoms with E-state index >= 15 is 0 Å². The third-order valence-electron chi connectivity index (χ3n) is 5.63. The first-order chi connectivity index (χ1) is 17.3. The average molecular weight is 530 g/mol. The minimum atomic E-state index is -0.240. The Kier molecular flexibility index (Phi) is 8.68. The van der Waals surface area contributed by atoms with Gasteiger partial charge in [-0.2, -0.15) is 0 Å². The van der Waals surface area contributed by atoms with Crippen LogP contribution in [0.5, 0.6) is 5.75 Å². The van der Waals surface area contributed by atoms with Gasteiger partial charge in [-0.25, -0.2) is 4.98 Å². The maximum atomic E-state index is 13.1. The first-order valence-corrected chi connectivity index (χ1v) is 13.4. The van der Waals surface area contributed by atoms with Gasteiger partial charge in [-0.1, -0.05) is 36.9 Å². The summed E-state index contributed by atoms with van der Waals surface area (Å²) in [6.45, 7) is 9.00. The van der Waals surface area contributed by atoms with Gasteiger partial charge in [-0.15, -0.1) is 0 Å². The van der Waals surface area contributed by atoms with E-state index in [-0.39, 0.29) is 11.8 Å². The highest BCUT2D eigenvalue weighted by atomic mass is 32.2. The number of aromatic amines is 1. The molecule has 1 aromatic carbocycles. The Hall–Kier alpha value is -2.86. The summed E-state index contributed by atoms with van der Waals surface area (Å²) in [5.74, 6) is 0.249. The number of aryl methyl sites for hydroxylation is 1. The lowest BCUT2D eigenvalue weighted by atomic mass is 10.1. The maximum Gasteiger partial charge on any atom is 0.273 e. The number of benzene rings is 1. The minimum Gasteiger partial charge on any atom is -0.496 e. The number of thiazole rings is 1. The largest absolute Gasteiger partial charge is 0.496 e. The fourth-order valence-corrected chi connectivity index (χ4v) is 5.61. The number of hydrogen-bond acceptors (Lipinski definition) is 8. The summed E-state index contributed by atoms with van der Waals surface area (Å²) in [6, 6.07) is 7.79. The fourth-order valence-electron chi connectivity index (χ4n) is 3.67. The number of carbonyl (C=O) groups excluding carboxylic acids is 2. The zero-order chi connectivity index (χ0) is 25.7. The predicted molar refractivity (Wildman–Crippen MR) is 141 cm³/mol. The van der Waals surface area contributed by atoms with Crippen LogP contribution in [0.2, 0.25) is 0 Å². The molecule has 0 saturated carbocycles. The SMILES string of the molecule is COc1cc(C)c(Sc2cnc(NC(=O)c3ccc(CNC(C)C)[nH]3)s2)cc1C(=O)N1CCOCC1. The van der Waals surface area contributed by atoms with Crippen molar-refractivity contribution in [3.63, 3.8) is 0 Å². The number of carbonyl (C=O) groups is 2. The van der Waals surface area contributed by atoms with Gasteiger partial charge in [0.2, 0.25) is 0 Å². The molecule has 2 amide bonds. The molecule has 0 unspecified atom stereocenters. The van der Waals surface area contributed by atoms with Crippen LogP contribution in [0.3, 0.4) is 0 Å². The molecule has 1 aliphatic rings. The number of nitrogens with zero attached hydrogens (tertiary/aromatic N) is 2. The van der Waals surface area contributed by atoms with Crippen LogP contribution in [-0.2, 0) is 11.3 Å². The second-order valence-corrected chi connectivity index (χ2v) is 11.1. The molecule has 0 radical (unpaired) electrons. The first-order valence-electron chi connectivity index (χ1n) is 11.8. The Balaban J connectivity index is 1.44. The average Bonchev–Trinajstić information content (AvgIpc) is 3.53. The number of methoxy groups -OCH3 is 1. The first kappa shape index (κ1) is 26.2. The van der Waals surface area contributed by atoms with Crippen LogP contribution >= 0.6 is 23.1 Å². The Bertz CT molecular complexity index is 1220. The molecular formula is C25H31N5O4S2. The van der Waals surface area contributed by atoms with E-state index in [1.54, 1.807) is 24.3 Å². The Labute approximate surface area is 219 Å². The number of rotatable bonds is 9. The number of morpholine rings is 1. The van der Waals surface area contributed by atoms with Crippen molar-refractivity contribution in [1.82, 2.24) is 20.2 Å². The number of ether oxygens (including phenoxy) is 2.